The number of amides is 2. The standard InChI is InChI=1S/C19H22N4O2/c1-13-17(19(25)22-16-6-4-3-5-7-16)12-20-18(21-13)15-8-10-23(11-9-15)14(2)24/h3-7,12,15H,8-11H2,1-2H3,(H,22,25). The zero-order valence-corrected chi connectivity index (χ0v) is 14.5. The molecule has 2 aromatic rings. The molecule has 0 radical (unpaired) electrons. The Morgan fingerprint density at radius 3 is 2.44 bits per heavy atom. The molecule has 130 valence electrons. The Morgan fingerprint density at radius 2 is 1.84 bits per heavy atom. The van der Waals surface area contributed by atoms with Gasteiger partial charge in [0.15, 0.2) is 0 Å². The Bertz CT molecular complexity index is 768. The van der Waals surface area contributed by atoms with Crippen molar-refractivity contribution in [2.75, 3.05) is 18.4 Å². The maximum atomic E-state index is 12.4. The first kappa shape index (κ1) is 17.1. The van der Waals surface area contributed by atoms with Gasteiger partial charge in [-0.1, -0.05) is 18.2 Å². The van der Waals surface area contributed by atoms with Gasteiger partial charge in [-0.15, -0.1) is 0 Å². The van der Waals surface area contributed by atoms with Gasteiger partial charge in [0.25, 0.3) is 5.91 Å². The fraction of sp³-hybridized carbons (Fsp3) is 0.368. The number of aryl methyl sites for hydroxylation is 1. The summed E-state index contributed by atoms with van der Waals surface area (Å²) in [5, 5.41) is 2.85. The summed E-state index contributed by atoms with van der Waals surface area (Å²) in [5.41, 5.74) is 1.90. The number of anilines is 1. The number of nitrogens with one attached hydrogen (secondary N) is 1. The molecule has 1 aromatic carbocycles. The fourth-order valence-electron chi connectivity index (χ4n) is 3.08. The number of carbonyl (C=O) groups excluding carboxylic acids is 2. The van der Waals surface area contributed by atoms with E-state index in [9.17, 15) is 9.59 Å². The number of rotatable bonds is 3. The molecule has 1 fully saturated rings. The topological polar surface area (TPSA) is 75.2 Å². The minimum absolute atomic E-state index is 0.114. The third-order valence-corrected chi connectivity index (χ3v) is 4.58. The molecular formula is C19H22N4O2. The van der Waals surface area contributed by atoms with Gasteiger partial charge in [0.1, 0.15) is 5.82 Å². The van der Waals surface area contributed by atoms with E-state index >= 15 is 0 Å². The number of hydrogen-bond acceptors (Lipinski definition) is 4. The number of hydrogen-bond donors (Lipinski definition) is 1. The average Bonchev–Trinajstić information content (AvgIpc) is 2.62. The molecule has 0 spiro atoms. The molecule has 0 saturated carbocycles. The summed E-state index contributed by atoms with van der Waals surface area (Å²) in [4.78, 5) is 34.6. The largest absolute Gasteiger partial charge is 0.343 e. The normalized spacial score (nSPS) is 15.0. The van der Waals surface area contributed by atoms with Crippen molar-refractivity contribution in [3.8, 4) is 0 Å². The first-order valence-electron chi connectivity index (χ1n) is 8.50. The maximum absolute atomic E-state index is 12.4. The highest BCUT2D eigenvalue weighted by atomic mass is 16.2. The molecule has 0 atom stereocenters. The van der Waals surface area contributed by atoms with Gasteiger partial charge >= 0.3 is 0 Å². The van der Waals surface area contributed by atoms with Crippen LogP contribution in [0.25, 0.3) is 0 Å². The molecule has 1 N–H and O–H groups in total. The minimum Gasteiger partial charge on any atom is -0.343 e. The van der Waals surface area contributed by atoms with Crippen LogP contribution in [0.2, 0.25) is 0 Å². The van der Waals surface area contributed by atoms with Crippen molar-refractivity contribution in [1.82, 2.24) is 14.9 Å². The number of para-hydroxylation sites is 1. The minimum atomic E-state index is -0.207. The number of piperidine rings is 1. The SMILES string of the molecule is CC(=O)N1CCC(c2ncc(C(=O)Nc3ccccc3)c(C)n2)CC1. The molecule has 2 amide bonds. The van der Waals surface area contributed by atoms with E-state index in [-0.39, 0.29) is 17.7 Å². The Morgan fingerprint density at radius 1 is 1.16 bits per heavy atom. The molecule has 2 heterocycles. The van der Waals surface area contributed by atoms with Crippen molar-refractivity contribution < 1.29 is 9.59 Å². The van der Waals surface area contributed by atoms with Crippen LogP contribution >= 0.6 is 0 Å². The van der Waals surface area contributed by atoms with Crippen LogP contribution in [0, 0.1) is 6.92 Å². The van der Waals surface area contributed by atoms with Crippen LogP contribution in [0.5, 0.6) is 0 Å². The molecule has 6 heteroatoms. The number of aromatic nitrogens is 2. The lowest BCUT2D eigenvalue weighted by Crippen LogP contribution is -2.36. The second-order valence-corrected chi connectivity index (χ2v) is 6.33. The van der Waals surface area contributed by atoms with E-state index in [1.54, 1.807) is 13.1 Å². The van der Waals surface area contributed by atoms with Crippen molar-refractivity contribution in [1.29, 1.82) is 0 Å². The first-order valence-corrected chi connectivity index (χ1v) is 8.50. The number of nitrogens with zero attached hydrogens (tertiary/aromatic N) is 3. The third-order valence-electron chi connectivity index (χ3n) is 4.58. The second-order valence-electron chi connectivity index (χ2n) is 6.33. The van der Waals surface area contributed by atoms with Crippen LogP contribution in [-0.4, -0.2) is 39.8 Å². The van der Waals surface area contributed by atoms with Crippen LogP contribution in [0.15, 0.2) is 36.5 Å². The predicted molar refractivity (Wildman–Crippen MR) is 95.4 cm³/mol. The Labute approximate surface area is 147 Å². The number of benzene rings is 1. The fourth-order valence-corrected chi connectivity index (χ4v) is 3.08. The summed E-state index contributed by atoms with van der Waals surface area (Å²) in [5.74, 6) is 0.905. The number of likely N-dealkylation sites (tertiary alicyclic amines) is 1. The molecular weight excluding hydrogens is 316 g/mol. The van der Waals surface area contributed by atoms with Crippen molar-refractivity contribution in [3.63, 3.8) is 0 Å². The van der Waals surface area contributed by atoms with Crippen LogP contribution in [-0.2, 0) is 4.79 Å². The lowest BCUT2D eigenvalue weighted by molar-refractivity contribution is -0.129. The summed E-state index contributed by atoms with van der Waals surface area (Å²) in [7, 11) is 0. The van der Waals surface area contributed by atoms with Crippen LogP contribution < -0.4 is 5.32 Å². The molecule has 0 unspecified atom stereocenters. The van der Waals surface area contributed by atoms with E-state index in [0.29, 0.717) is 11.3 Å². The van der Waals surface area contributed by atoms with Crippen LogP contribution in [0.3, 0.4) is 0 Å². The second kappa shape index (κ2) is 7.42. The smallest absolute Gasteiger partial charge is 0.259 e. The van der Waals surface area contributed by atoms with Crippen molar-refractivity contribution >= 4 is 17.5 Å². The zero-order valence-electron chi connectivity index (χ0n) is 14.5. The van der Waals surface area contributed by atoms with Crippen LogP contribution in [0.4, 0.5) is 5.69 Å². The van der Waals surface area contributed by atoms with Crippen molar-refractivity contribution in [3.05, 3.63) is 53.6 Å². The summed E-state index contributed by atoms with van der Waals surface area (Å²) < 4.78 is 0. The Hall–Kier alpha value is -2.76. The summed E-state index contributed by atoms with van der Waals surface area (Å²) in [6.45, 7) is 4.90. The Kier molecular flexibility index (Phi) is 5.07. The van der Waals surface area contributed by atoms with Gasteiger partial charge in [0.05, 0.1) is 11.3 Å². The van der Waals surface area contributed by atoms with E-state index < -0.39 is 0 Å². The van der Waals surface area contributed by atoms with Gasteiger partial charge in [0, 0.05) is 37.8 Å². The van der Waals surface area contributed by atoms with E-state index in [1.165, 1.54) is 0 Å². The molecule has 1 aromatic heterocycles. The molecule has 1 aliphatic heterocycles. The molecule has 3 rings (SSSR count). The Balaban J connectivity index is 1.69. The first-order chi connectivity index (χ1) is 12.0. The lowest BCUT2D eigenvalue weighted by atomic mass is 9.95. The highest BCUT2D eigenvalue weighted by Gasteiger charge is 2.24. The maximum Gasteiger partial charge on any atom is 0.259 e. The zero-order chi connectivity index (χ0) is 17.8. The van der Waals surface area contributed by atoms with Gasteiger partial charge in [-0.3, -0.25) is 9.59 Å². The van der Waals surface area contributed by atoms with Gasteiger partial charge in [0.2, 0.25) is 5.91 Å². The predicted octanol–water partition coefficient (Wildman–Crippen LogP) is 2.76. The van der Waals surface area contributed by atoms with E-state index in [4.69, 9.17) is 0 Å². The summed E-state index contributed by atoms with van der Waals surface area (Å²) >= 11 is 0. The van der Waals surface area contributed by atoms with Crippen molar-refractivity contribution in [2.24, 2.45) is 0 Å². The number of carbonyl (C=O) groups is 2. The van der Waals surface area contributed by atoms with Gasteiger partial charge in [-0.05, 0) is 31.9 Å². The highest BCUT2D eigenvalue weighted by Crippen LogP contribution is 2.26. The van der Waals surface area contributed by atoms with E-state index in [0.717, 1.165) is 37.4 Å². The van der Waals surface area contributed by atoms with Gasteiger partial charge in [-0.25, -0.2) is 9.97 Å². The summed E-state index contributed by atoms with van der Waals surface area (Å²) in [6, 6.07) is 9.32. The molecule has 1 aliphatic rings. The molecule has 6 nitrogen and oxygen atoms in total. The average molecular weight is 338 g/mol. The van der Waals surface area contributed by atoms with E-state index in [1.807, 2.05) is 42.2 Å². The van der Waals surface area contributed by atoms with Gasteiger partial charge < -0.3 is 10.2 Å². The highest BCUT2D eigenvalue weighted by molar-refractivity contribution is 6.04. The van der Waals surface area contributed by atoms with E-state index in [2.05, 4.69) is 15.3 Å². The molecule has 25 heavy (non-hydrogen) atoms. The molecule has 1 saturated heterocycles. The molecule has 0 bridgehead atoms. The molecule has 0 aliphatic carbocycles. The monoisotopic (exact) mass is 338 g/mol. The van der Waals surface area contributed by atoms with Crippen LogP contribution in [0.1, 0.15) is 47.6 Å². The van der Waals surface area contributed by atoms with Crippen molar-refractivity contribution in [2.45, 2.75) is 32.6 Å². The quantitative estimate of drug-likeness (QED) is 0.934. The lowest BCUT2D eigenvalue weighted by Gasteiger charge is -2.30. The summed E-state index contributed by atoms with van der Waals surface area (Å²) in [6.07, 6.45) is 3.32. The van der Waals surface area contributed by atoms with Gasteiger partial charge in [-0.2, -0.15) is 0 Å². The third kappa shape index (κ3) is 4.02.